The molecule has 2 nitrogen and oxygen atoms in total. The lowest BCUT2D eigenvalue weighted by Gasteiger charge is -2.44. The Hall–Kier alpha value is -0.550. The Balaban J connectivity index is 2.05. The molecule has 1 N–H and O–H groups in total. The van der Waals surface area contributed by atoms with E-state index >= 15 is 0 Å². The molecule has 3 unspecified atom stereocenters. The lowest BCUT2D eigenvalue weighted by Crippen LogP contribution is -2.57. The van der Waals surface area contributed by atoms with E-state index in [-0.39, 0.29) is 5.54 Å². The molecule has 0 radical (unpaired) electrons. The first kappa shape index (κ1) is 12.9. The van der Waals surface area contributed by atoms with Crippen LogP contribution in [-0.2, 0) is 0 Å². The van der Waals surface area contributed by atoms with Gasteiger partial charge in [0.2, 0.25) is 0 Å². The monoisotopic (exact) mass is 234 g/mol. The van der Waals surface area contributed by atoms with Crippen LogP contribution in [0.4, 0.5) is 0 Å². The first-order valence-electron chi connectivity index (χ1n) is 7.37. The lowest BCUT2D eigenvalue weighted by molar-refractivity contribution is 0.130. The van der Waals surface area contributed by atoms with Gasteiger partial charge in [-0.2, -0.15) is 5.26 Å². The fourth-order valence-corrected chi connectivity index (χ4v) is 3.67. The summed E-state index contributed by atoms with van der Waals surface area (Å²) in [6.45, 7) is 4.57. The molecule has 0 amide bonds. The van der Waals surface area contributed by atoms with E-state index in [9.17, 15) is 5.26 Å². The van der Waals surface area contributed by atoms with Gasteiger partial charge in [0, 0.05) is 6.04 Å². The molecule has 0 bridgehead atoms. The topological polar surface area (TPSA) is 35.8 Å². The Morgan fingerprint density at radius 1 is 1.06 bits per heavy atom. The molecule has 2 aliphatic rings. The van der Waals surface area contributed by atoms with Gasteiger partial charge in [0.05, 0.1) is 6.07 Å². The van der Waals surface area contributed by atoms with Gasteiger partial charge < -0.3 is 0 Å². The zero-order chi connectivity index (χ0) is 12.3. The zero-order valence-electron chi connectivity index (χ0n) is 11.3. The highest BCUT2D eigenvalue weighted by atomic mass is 15.0. The fraction of sp³-hybridized carbons (Fsp3) is 0.933. The molecule has 2 fully saturated rings. The Morgan fingerprint density at radius 2 is 1.76 bits per heavy atom. The van der Waals surface area contributed by atoms with Gasteiger partial charge in [-0.1, -0.05) is 46.0 Å². The summed E-state index contributed by atoms with van der Waals surface area (Å²) in [6.07, 6.45) is 10.1. The largest absolute Gasteiger partial charge is 0.296 e. The van der Waals surface area contributed by atoms with E-state index in [1.54, 1.807) is 0 Å². The maximum atomic E-state index is 9.65. The maximum absolute atomic E-state index is 9.65. The van der Waals surface area contributed by atoms with Crippen LogP contribution in [0.25, 0.3) is 0 Å². The molecule has 2 aliphatic carbocycles. The normalized spacial score (nSPS) is 39.8. The molecule has 0 spiro atoms. The Labute approximate surface area is 106 Å². The summed E-state index contributed by atoms with van der Waals surface area (Å²) in [4.78, 5) is 0. The number of rotatable bonds is 2. The van der Waals surface area contributed by atoms with Crippen LogP contribution in [-0.4, -0.2) is 11.6 Å². The van der Waals surface area contributed by atoms with Crippen LogP contribution in [0.2, 0.25) is 0 Å². The minimum absolute atomic E-state index is 0.236. The molecule has 2 saturated carbocycles. The SMILES string of the molecule is CC1CCCC(C#N)(NC2CCCCC2)C1C. The number of hydrogen-bond acceptors (Lipinski definition) is 2. The van der Waals surface area contributed by atoms with Gasteiger partial charge in [0.25, 0.3) is 0 Å². The van der Waals surface area contributed by atoms with Crippen molar-refractivity contribution < 1.29 is 0 Å². The number of nitrogens with one attached hydrogen (secondary N) is 1. The van der Waals surface area contributed by atoms with Gasteiger partial charge in [-0.25, -0.2) is 0 Å². The molecule has 0 aromatic carbocycles. The van der Waals surface area contributed by atoms with E-state index in [0.29, 0.717) is 17.9 Å². The molecule has 17 heavy (non-hydrogen) atoms. The van der Waals surface area contributed by atoms with E-state index in [2.05, 4.69) is 25.2 Å². The van der Waals surface area contributed by atoms with Crippen LogP contribution < -0.4 is 5.32 Å². The fourth-order valence-electron chi connectivity index (χ4n) is 3.67. The molecule has 0 saturated heterocycles. The molecule has 0 aromatic rings. The average molecular weight is 234 g/mol. The summed E-state index contributed by atoms with van der Waals surface area (Å²) >= 11 is 0. The van der Waals surface area contributed by atoms with Crippen LogP contribution in [0.15, 0.2) is 0 Å². The summed E-state index contributed by atoms with van der Waals surface area (Å²) in [5, 5.41) is 13.4. The van der Waals surface area contributed by atoms with E-state index in [1.807, 2.05) is 0 Å². The molecular weight excluding hydrogens is 208 g/mol. The van der Waals surface area contributed by atoms with E-state index < -0.39 is 0 Å². The van der Waals surface area contributed by atoms with Crippen molar-refractivity contribution in [2.45, 2.75) is 76.8 Å². The van der Waals surface area contributed by atoms with Crippen molar-refractivity contribution in [1.29, 1.82) is 5.26 Å². The van der Waals surface area contributed by atoms with Crippen LogP contribution >= 0.6 is 0 Å². The third-order valence-electron chi connectivity index (χ3n) is 5.13. The third-order valence-corrected chi connectivity index (χ3v) is 5.13. The molecule has 2 heteroatoms. The molecule has 0 aliphatic heterocycles. The predicted molar refractivity (Wildman–Crippen MR) is 70.5 cm³/mol. The first-order valence-corrected chi connectivity index (χ1v) is 7.37. The highest BCUT2D eigenvalue weighted by molar-refractivity contribution is 5.13. The second kappa shape index (κ2) is 5.40. The Morgan fingerprint density at radius 3 is 2.41 bits per heavy atom. The summed E-state index contributed by atoms with van der Waals surface area (Å²) < 4.78 is 0. The Bertz CT molecular complexity index is 288. The second-order valence-electron chi connectivity index (χ2n) is 6.22. The Kier molecular flexibility index (Phi) is 4.09. The zero-order valence-corrected chi connectivity index (χ0v) is 11.3. The number of nitrogens with zero attached hydrogens (tertiary/aromatic N) is 1. The van der Waals surface area contributed by atoms with Crippen LogP contribution in [0.5, 0.6) is 0 Å². The van der Waals surface area contributed by atoms with Crippen LogP contribution in [0, 0.1) is 23.2 Å². The molecule has 0 heterocycles. The molecular formula is C15H26N2. The van der Waals surface area contributed by atoms with Crippen molar-refractivity contribution in [3.8, 4) is 6.07 Å². The van der Waals surface area contributed by atoms with Crippen molar-refractivity contribution >= 4 is 0 Å². The van der Waals surface area contributed by atoms with Crippen LogP contribution in [0.3, 0.4) is 0 Å². The van der Waals surface area contributed by atoms with Gasteiger partial charge in [-0.15, -0.1) is 0 Å². The van der Waals surface area contributed by atoms with Gasteiger partial charge in [0.15, 0.2) is 0 Å². The van der Waals surface area contributed by atoms with Crippen molar-refractivity contribution in [2.24, 2.45) is 11.8 Å². The van der Waals surface area contributed by atoms with E-state index in [0.717, 1.165) is 6.42 Å². The van der Waals surface area contributed by atoms with Crippen molar-refractivity contribution in [3.05, 3.63) is 0 Å². The third kappa shape index (κ3) is 2.65. The molecule has 96 valence electrons. The standard InChI is InChI=1S/C15H26N2/c1-12-7-6-10-15(11-16,13(12)2)17-14-8-4-3-5-9-14/h12-14,17H,3-10H2,1-2H3. The van der Waals surface area contributed by atoms with Gasteiger partial charge >= 0.3 is 0 Å². The van der Waals surface area contributed by atoms with Crippen LogP contribution in [0.1, 0.15) is 65.2 Å². The molecule has 0 aromatic heterocycles. The van der Waals surface area contributed by atoms with Gasteiger partial charge in [-0.3, -0.25) is 5.32 Å². The highest BCUT2D eigenvalue weighted by Gasteiger charge is 2.43. The minimum Gasteiger partial charge on any atom is -0.296 e. The highest BCUT2D eigenvalue weighted by Crippen LogP contribution is 2.38. The summed E-state index contributed by atoms with van der Waals surface area (Å²) in [7, 11) is 0. The molecule has 3 atom stereocenters. The first-order chi connectivity index (χ1) is 8.18. The van der Waals surface area contributed by atoms with Crippen molar-refractivity contribution in [3.63, 3.8) is 0 Å². The number of hydrogen-bond donors (Lipinski definition) is 1. The molecule has 2 rings (SSSR count). The summed E-state index contributed by atoms with van der Waals surface area (Å²) in [5.74, 6) is 1.17. The van der Waals surface area contributed by atoms with Crippen molar-refractivity contribution in [1.82, 2.24) is 5.32 Å². The number of nitriles is 1. The quantitative estimate of drug-likeness (QED) is 0.792. The van der Waals surface area contributed by atoms with E-state index in [4.69, 9.17) is 0 Å². The van der Waals surface area contributed by atoms with Gasteiger partial charge in [-0.05, 0) is 31.1 Å². The maximum Gasteiger partial charge on any atom is 0.109 e. The summed E-state index contributed by atoms with van der Waals surface area (Å²) in [6, 6.07) is 3.23. The minimum atomic E-state index is -0.236. The van der Waals surface area contributed by atoms with Gasteiger partial charge in [0.1, 0.15) is 5.54 Å². The lowest BCUT2D eigenvalue weighted by atomic mass is 9.68. The predicted octanol–water partition coefficient (Wildman–Crippen LogP) is 3.63. The second-order valence-corrected chi connectivity index (χ2v) is 6.22. The van der Waals surface area contributed by atoms with E-state index in [1.165, 1.54) is 44.9 Å². The van der Waals surface area contributed by atoms with Crippen molar-refractivity contribution in [2.75, 3.05) is 0 Å². The summed E-state index contributed by atoms with van der Waals surface area (Å²) in [5.41, 5.74) is -0.236. The average Bonchev–Trinajstić information content (AvgIpc) is 2.36. The smallest absolute Gasteiger partial charge is 0.109 e.